The number of carbonyl (C=O) groups is 2. The van der Waals surface area contributed by atoms with E-state index in [1.807, 2.05) is 37.9 Å². The molecule has 1 fully saturated rings. The van der Waals surface area contributed by atoms with Crippen LogP contribution in [0.3, 0.4) is 0 Å². The van der Waals surface area contributed by atoms with Crippen LogP contribution in [0.1, 0.15) is 30.4 Å². The molecule has 6 nitrogen and oxygen atoms in total. The Morgan fingerprint density at radius 2 is 1.92 bits per heavy atom. The molecule has 0 saturated carbocycles. The number of hydrogen-bond donors (Lipinski definition) is 2. The molecule has 1 aromatic carbocycles. The fourth-order valence-electron chi connectivity index (χ4n) is 3.29. The number of hydrogen-bond acceptors (Lipinski definition) is 3. The zero-order chi connectivity index (χ0) is 18.6. The van der Waals surface area contributed by atoms with E-state index in [0.29, 0.717) is 13.1 Å². The SMILES string of the molecule is Cc1cc(NC(=O)N2CCCC(N(C)CC(=O)O)CC2)cc(C)c1Cl. The highest BCUT2D eigenvalue weighted by molar-refractivity contribution is 6.32. The van der Waals surface area contributed by atoms with Gasteiger partial charge in [0.15, 0.2) is 0 Å². The monoisotopic (exact) mass is 367 g/mol. The molecule has 1 saturated heterocycles. The molecule has 25 heavy (non-hydrogen) atoms. The van der Waals surface area contributed by atoms with Crippen molar-refractivity contribution in [2.24, 2.45) is 0 Å². The molecule has 1 aromatic rings. The maximum absolute atomic E-state index is 12.6. The molecular weight excluding hydrogens is 342 g/mol. The number of rotatable bonds is 4. The van der Waals surface area contributed by atoms with Crippen molar-refractivity contribution in [1.82, 2.24) is 9.80 Å². The Balaban J connectivity index is 1.96. The number of nitrogens with zero attached hydrogens (tertiary/aromatic N) is 2. The fourth-order valence-corrected chi connectivity index (χ4v) is 3.39. The second-order valence-electron chi connectivity index (χ2n) is 6.73. The van der Waals surface area contributed by atoms with Crippen molar-refractivity contribution in [1.29, 1.82) is 0 Å². The summed E-state index contributed by atoms with van der Waals surface area (Å²) >= 11 is 6.17. The number of aryl methyl sites for hydroxylation is 2. The van der Waals surface area contributed by atoms with Crippen LogP contribution in [0.2, 0.25) is 5.02 Å². The number of carbonyl (C=O) groups excluding carboxylic acids is 1. The van der Waals surface area contributed by atoms with Gasteiger partial charge in [-0.1, -0.05) is 11.6 Å². The lowest BCUT2D eigenvalue weighted by Crippen LogP contribution is -2.38. The number of aliphatic carboxylic acids is 1. The summed E-state index contributed by atoms with van der Waals surface area (Å²) in [5.74, 6) is -0.824. The molecule has 1 heterocycles. The van der Waals surface area contributed by atoms with Gasteiger partial charge in [0.2, 0.25) is 0 Å². The number of likely N-dealkylation sites (N-methyl/N-ethyl adjacent to an activating group) is 1. The molecular formula is C18H26ClN3O3. The van der Waals surface area contributed by atoms with Gasteiger partial charge in [-0.2, -0.15) is 0 Å². The van der Waals surface area contributed by atoms with Gasteiger partial charge < -0.3 is 15.3 Å². The highest BCUT2D eigenvalue weighted by Gasteiger charge is 2.24. The first-order valence-corrected chi connectivity index (χ1v) is 8.90. The van der Waals surface area contributed by atoms with Gasteiger partial charge in [0.05, 0.1) is 6.54 Å². The molecule has 7 heteroatoms. The van der Waals surface area contributed by atoms with Crippen LogP contribution in [-0.4, -0.2) is 59.6 Å². The summed E-state index contributed by atoms with van der Waals surface area (Å²) in [6.07, 6.45) is 2.53. The maximum Gasteiger partial charge on any atom is 0.321 e. The van der Waals surface area contributed by atoms with E-state index in [1.54, 1.807) is 4.90 Å². The molecule has 1 aliphatic rings. The van der Waals surface area contributed by atoms with Gasteiger partial charge in [0.25, 0.3) is 0 Å². The van der Waals surface area contributed by atoms with Crippen LogP contribution >= 0.6 is 11.6 Å². The van der Waals surface area contributed by atoms with E-state index in [1.165, 1.54) is 0 Å². The minimum absolute atomic E-state index is 0.0280. The molecule has 2 rings (SSSR count). The number of benzene rings is 1. The molecule has 1 unspecified atom stereocenters. The summed E-state index contributed by atoms with van der Waals surface area (Å²) in [4.78, 5) is 27.1. The average Bonchev–Trinajstić information content (AvgIpc) is 2.78. The van der Waals surface area contributed by atoms with Crippen molar-refractivity contribution in [3.63, 3.8) is 0 Å². The first-order chi connectivity index (χ1) is 11.8. The first kappa shape index (κ1) is 19.5. The van der Waals surface area contributed by atoms with Gasteiger partial charge in [-0.25, -0.2) is 4.79 Å². The van der Waals surface area contributed by atoms with E-state index in [2.05, 4.69) is 5.32 Å². The van der Waals surface area contributed by atoms with Crippen LogP contribution in [0, 0.1) is 13.8 Å². The Bertz CT molecular complexity index is 627. The lowest BCUT2D eigenvalue weighted by Gasteiger charge is -2.25. The number of carboxylic acid groups (broad SMARTS) is 1. The third-order valence-electron chi connectivity index (χ3n) is 4.68. The standard InChI is InChI=1S/C18H26ClN3O3/c1-12-9-14(10-13(2)17(12)19)20-18(25)22-7-4-5-15(6-8-22)21(3)11-16(23)24/h9-10,15H,4-8,11H2,1-3H3,(H,20,25)(H,23,24). The van der Waals surface area contributed by atoms with Crippen LogP contribution in [0.25, 0.3) is 0 Å². The number of halogens is 1. The van der Waals surface area contributed by atoms with Crippen molar-refractivity contribution in [3.05, 3.63) is 28.3 Å². The number of carboxylic acids is 1. The zero-order valence-electron chi connectivity index (χ0n) is 15.0. The molecule has 1 atom stereocenters. The smallest absolute Gasteiger partial charge is 0.321 e. The van der Waals surface area contributed by atoms with E-state index in [0.717, 1.165) is 41.1 Å². The van der Waals surface area contributed by atoms with Gasteiger partial charge >= 0.3 is 12.0 Å². The topological polar surface area (TPSA) is 72.9 Å². The lowest BCUT2D eigenvalue weighted by atomic mass is 10.1. The van der Waals surface area contributed by atoms with Crippen LogP contribution in [0.4, 0.5) is 10.5 Å². The predicted molar refractivity (Wildman–Crippen MR) is 99.4 cm³/mol. The lowest BCUT2D eigenvalue weighted by molar-refractivity contribution is -0.138. The highest BCUT2D eigenvalue weighted by atomic mass is 35.5. The van der Waals surface area contributed by atoms with Crippen molar-refractivity contribution in [2.45, 2.75) is 39.2 Å². The molecule has 0 aromatic heterocycles. The van der Waals surface area contributed by atoms with E-state index >= 15 is 0 Å². The van der Waals surface area contributed by atoms with Crippen LogP contribution < -0.4 is 5.32 Å². The minimum Gasteiger partial charge on any atom is -0.480 e. The summed E-state index contributed by atoms with van der Waals surface area (Å²) in [6.45, 7) is 5.15. The Labute approximate surface area is 153 Å². The summed E-state index contributed by atoms with van der Waals surface area (Å²) < 4.78 is 0. The highest BCUT2D eigenvalue weighted by Crippen LogP contribution is 2.25. The molecule has 0 radical (unpaired) electrons. The summed E-state index contributed by atoms with van der Waals surface area (Å²) in [7, 11) is 1.83. The molecule has 2 amide bonds. The number of amides is 2. The van der Waals surface area contributed by atoms with Crippen LogP contribution in [0.15, 0.2) is 12.1 Å². The van der Waals surface area contributed by atoms with Crippen LogP contribution in [-0.2, 0) is 4.79 Å². The van der Waals surface area contributed by atoms with Crippen LogP contribution in [0.5, 0.6) is 0 Å². The van der Waals surface area contributed by atoms with Gasteiger partial charge in [0.1, 0.15) is 0 Å². The van der Waals surface area contributed by atoms with E-state index < -0.39 is 5.97 Å². The Morgan fingerprint density at radius 1 is 1.28 bits per heavy atom. The van der Waals surface area contributed by atoms with Gasteiger partial charge in [-0.15, -0.1) is 0 Å². The van der Waals surface area contributed by atoms with Gasteiger partial charge in [-0.05, 0) is 63.4 Å². The summed E-state index contributed by atoms with van der Waals surface area (Å²) in [6, 6.07) is 3.81. The van der Waals surface area contributed by atoms with Crippen molar-refractivity contribution in [2.75, 3.05) is 32.0 Å². The van der Waals surface area contributed by atoms with Gasteiger partial charge in [-0.3, -0.25) is 9.69 Å². The Morgan fingerprint density at radius 3 is 2.52 bits per heavy atom. The Hall–Kier alpha value is -1.79. The van der Waals surface area contributed by atoms with Crippen molar-refractivity contribution in [3.8, 4) is 0 Å². The second-order valence-corrected chi connectivity index (χ2v) is 7.11. The van der Waals surface area contributed by atoms with E-state index in [-0.39, 0.29) is 18.6 Å². The molecule has 1 aliphatic heterocycles. The molecule has 138 valence electrons. The first-order valence-electron chi connectivity index (χ1n) is 8.52. The minimum atomic E-state index is -0.824. The quantitative estimate of drug-likeness (QED) is 0.855. The molecule has 0 aliphatic carbocycles. The van der Waals surface area contributed by atoms with Crippen molar-refractivity contribution < 1.29 is 14.7 Å². The maximum atomic E-state index is 12.6. The third-order valence-corrected chi connectivity index (χ3v) is 5.28. The predicted octanol–water partition coefficient (Wildman–Crippen LogP) is 3.36. The summed E-state index contributed by atoms with van der Waals surface area (Å²) in [5.41, 5.74) is 2.61. The van der Waals surface area contributed by atoms with Crippen molar-refractivity contribution >= 4 is 29.3 Å². The summed E-state index contributed by atoms with van der Waals surface area (Å²) in [5, 5.41) is 12.6. The Kier molecular flexibility index (Phi) is 6.67. The average molecular weight is 368 g/mol. The fraction of sp³-hybridized carbons (Fsp3) is 0.556. The molecule has 0 spiro atoms. The normalized spacial score (nSPS) is 18.1. The van der Waals surface area contributed by atoms with E-state index in [9.17, 15) is 9.59 Å². The molecule has 2 N–H and O–H groups in total. The number of urea groups is 1. The largest absolute Gasteiger partial charge is 0.480 e. The third kappa shape index (κ3) is 5.34. The number of likely N-dealkylation sites (tertiary alicyclic amines) is 1. The zero-order valence-corrected chi connectivity index (χ0v) is 15.8. The number of anilines is 1. The number of nitrogens with one attached hydrogen (secondary N) is 1. The van der Waals surface area contributed by atoms with E-state index in [4.69, 9.17) is 16.7 Å². The second kappa shape index (κ2) is 8.54. The molecule has 0 bridgehead atoms. The van der Waals surface area contributed by atoms with Gasteiger partial charge in [0, 0.05) is 29.8 Å².